The van der Waals surface area contributed by atoms with Crippen molar-refractivity contribution in [2.45, 2.75) is 0 Å². The fourth-order valence-corrected chi connectivity index (χ4v) is 1.99. The van der Waals surface area contributed by atoms with Gasteiger partial charge in [0.2, 0.25) is 0 Å². The molecule has 0 aromatic carbocycles. The Morgan fingerprint density at radius 1 is 1.54 bits per heavy atom. The quantitative estimate of drug-likeness (QED) is 0.717. The van der Waals surface area contributed by atoms with Crippen LogP contribution in [0.15, 0.2) is 12.1 Å². The number of carbonyl (C=O) groups excluding carboxylic acids is 1. The number of hydrogen-bond acceptors (Lipinski definition) is 3. The SMILES string of the molecule is O=Cc1cc2[nH]c(C(=O)O)cc2s1. The smallest absolute Gasteiger partial charge is 0.352 e. The third-order valence-corrected chi connectivity index (χ3v) is 2.68. The first kappa shape index (κ1) is 8.00. The highest BCUT2D eigenvalue weighted by Crippen LogP contribution is 2.24. The number of aromatic amines is 1. The maximum absolute atomic E-state index is 10.5. The van der Waals surface area contributed by atoms with E-state index in [1.807, 2.05) is 0 Å². The zero-order chi connectivity index (χ0) is 9.42. The molecule has 13 heavy (non-hydrogen) atoms. The molecule has 2 rings (SSSR count). The van der Waals surface area contributed by atoms with Crippen LogP contribution in [0.5, 0.6) is 0 Å². The first-order valence-electron chi connectivity index (χ1n) is 3.52. The number of hydrogen-bond donors (Lipinski definition) is 2. The minimum absolute atomic E-state index is 0.152. The molecule has 0 fully saturated rings. The molecule has 0 saturated carbocycles. The van der Waals surface area contributed by atoms with Crippen LogP contribution < -0.4 is 0 Å². The van der Waals surface area contributed by atoms with Crippen LogP contribution in [0.4, 0.5) is 0 Å². The molecule has 0 amide bonds. The van der Waals surface area contributed by atoms with Gasteiger partial charge in [-0.05, 0) is 12.1 Å². The molecule has 0 radical (unpaired) electrons. The van der Waals surface area contributed by atoms with E-state index in [1.54, 1.807) is 6.07 Å². The number of carbonyl (C=O) groups is 2. The molecular weight excluding hydrogens is 190 g/mol. The van der Waals surface area contributed by atoms with Gasteiger partial charge in [0.05, 0.1) is 15.1 Å². The maximum atomic E-state index is 10.5. The largest absolute Gasteiger partial charge is 0.477 e. The molecule has 0 unspecified atom stereocenters. The first-order chi connectivity index (χ1) is 6.20. The number of thiophene rings is 1. The molecule has 0 aliphatic carbocycles. The Bertz CT molecular complexity index is 451. The van der Waals surface area contributed by atoms with Gasteiger partial charge >= 0.3 is 5.97 Å². The lowest BCUT2D eigenvalue weighted by Gasteiger charge is -1.83. The van der Waals surface area contributed by atoms with E-state index in [0.717, 1.165) is 11.0 Å². The summed E-state index contributed by atoms with van der Waals surface area (Å²) in [5, 5.41) is 8.63. The van der Waals surface area contributed by atoms with Crippen LogP contribution in [0.25, 0.3) is 10.2 Å². The fraction of sp³-hybridized carbons (Fsp3) is 0. The number of H-pyrrole nitrogens is 1. The summed E-state index contributed by atoms with van der Waals surface area (Å²) in [6, 6.07) is 3.16. The van der Waals surface area contributed by atoms with Crippen LogP contribution in [0.2, 0.25) is 0 Å². The molecule has 0 atom stereocenters. The van der Waals surface area contributed by atoms with E-state index < -0.39 is 5.97 Å². The molecule has 0 bridgehead atoms. The Morgan fingerprint density at radius 3 is 2.85 bits per heavy atom. The van der Waals surface area contributed by atoms with Crippen molar-refractivity contribution in [2.75, 3.05) is 0 Å². The van der Waals surface area contributed by atoms with Gasteiger partial charge < -0.3 is 10.1 Å². The van der Waals surface area contributed by atoms with Crippen molar-refractivity contribution in [1.29, 1.82) is 0 Å². The number of rotatable bonds is 2. The predicted molar refractivity (Wildman–Crippen MR) is 48.5 cm³/mol. The van der Waals surface area contributed by atoms with Crippen molar-refractivity contribution in [3.8, 4) is 0 Å². The van der Waals surface area contributed by atoms with Gasteiger partial charge in [-0.3, -0.25) is 4.79 Å². The maximum Gasteiger partial charge on any atom is 0.352 e. The number of aromatic carboxylic acids is 1. The van der Waals surface area contributed by atoms with Crippen LogP contribution in [0.1, 0.15) is 20.2 Å². The van der Waals surface area contributed by atoms with Gasteiger partial charge in [-0.15, -0.1) is 11.3 Å². The van der Waals surface area contributed by atoms with Gasteiger partial charge in [0.15, 0.2) is 6.29 Å². The van der Waals surface area contributed by atoms with Crippen LogP contribution in [-0.4, -0.2) is 22.3 Å². The summed E-state index contributed by atoms with van der Waals surface area (Å²) in [4.78, 5) is 24.2. The summed E-state index contributed by atoms with van der Waals surface area (Å²) < 4.78 is 0.791. The average Bonchev–Trinajstić information content (AvgIpc) is 2.58. The van der Waals surface area contributed by atoms with Gasteiger partial charge in [0.1, 0.15) is 5.69 Å². The van der Waals surface area contributed by atoms with Crippen molar-refractivity contribution < 1.29 is 14.7 Å². The number of nitrogens with one attached hydrogen (secondary N) is 1. The van der Waals surface area contributed by atoms with Crippen LogP contribution in [0, 0.1) is 0 Å². The van der Waals surface area contributed by atoms with E-state index in [9.17, 15) is 9.59 Å². The number of aromatic nitrogens is 1. The molecule has 66 valence electrons. The van der Waals surface area contributed by atoms with Crippen molar-refractivity contribution in [2.24, 2.45) is 0 Å². The lowest BCUT2D eigenvalue weighted by Crippen LogP contribution is -1.94. The van der Waals surface area contributed by atoms with Crippen molar-refractivity contribution in [3.63, 3.8) is 0 Å². The Labute approximate surface area is 76.8 Å². The van der Waals surface area contributed by atoms with E-state index in [-0.39, 0.29) is 5.69 Å². The summed E-state index contributed by atoms with van der Waals surface area (Å²) in [6.07, 6.45) is 0.749. The Morgan fingerprint density at radius 2 is 2.31 bits per heavy atom. The second-order valence-electron chi connectivity index (χ2n) is 2.53. The van der Waals surface area contributed by atoms with Gasteiger partial charge in [-0.2, -0.15) is 0 Å². The third kappa shape index (κ3) is 1.23. The average molecular weight is 195 g/mol. The van der Waals surface area contributed by atoms with E-state index in [0.29, 0.717) is 10.4 Å². The first-order valence-corrected chi connectivity index (χ1v) is 4.33. The standard InChI is InChI=1S/C8H5NO3S/c10-3-4-1-5-7(13-4)2-6(9-5)8(11)12/h1-3,9H,(H,11,12). The molecule has 4 nitrogen and oxygen atoms in total. The summed E-state index contributed by atoms with van der Waals surface area (Å²) >= 11 is 1.27. The molecular formula is C8H5NO3S. The Kier molecular flexibility index (Phi) is 1.66. The van der Waals surface area contributed by atoms with E-state index in [2.05, 4.69) is 4.98 Å². The van der Waals surface area contributed by atoms with E-state index >= 15 is 0 Å². The fourth-order valence-electron chi connectivity index (χ4n) is 1.12. The van der Waals surface area contributed by atoms with Gasteiger partial charge in [0.25, 0.3) is 0 Å². The van der Waals surface area contributed by atoms with Crippen LogP contribution >= 0.6 is 11.3 Å². The zero-order valence-corrected chi connectivity index (χ0v) is 7.22. The van der Waals surface area contributed by atoms with Crippen molar-refractivity contribution in [1.82, 2.24) is 4.98 Å². The van der Waals surface area contributed by atoms with Crippen LogP contribution in [0.3, 0.4) is 0 Å². The zero-order valence-electron chi connectivity index (χ0n) is 6.40. The number of carboxylic acids is 1. The number of fused-ring (bicyclic) bond motifs is 1. The highest BCUT2D eigenvalue weighted by atomic mass is 32.1. The summed E-state index contributed by atoms with van der Waals surface area (Å²) in [5.74, 6) is -0.990. The van der Waals surface area contributed by atoms with E-state index in [1.165, 1.54) is 17.4 Å². The highest BCUT2D eigenvalue weighted by molar-refractivity contribution is 7.20. The lowest BCUT2D eigenvalue weighted by molar-refractivity contribution is 0.0691. The molecule has 0 saturated heterocycles. The number of aldehydes is 1. The predicted octanol–water partition coefficient (Wildman–Crippen LogP) is 1.74. The minimum Gasteiger partial charge on any atom is -0.477 e. The lowest BCUT2D eigenvalue weighted by atomic mass is 10.4. The summed E-state index contributed by atoms with van der Waals surface area (Å²) in [7, 11) is 0. The Balaban J connectivity index is 2.60. The molecule has 5 heteroatoms. The molecule has 2 aromatic heterocycles. The summed E-state index contributed by atoms with van der Waals surface area (Å²) in [6.45, 7) is 0. The molecule has 0 aliphatic rings. The number of carboxylic acid groups (broad SMARTS) is 1. The monoisotopic (exact) mass is 195 g/mol. The molecule has 2 heterocycles. The van der Waals surface area contributed by atoms with Crippen LogP contribution in [-0.2, 0) is 0 Å². The molecule has 2 aromatic rings. The molecule has 0 spiro atoms. The second-order valence-corrected chi connectivity index (χ2v) is 3.65. The summed E-state index contributed by atoms with van der Waals surface area (Å²) in [5.41, 5.74) is 0.850. The Hall–Kier alpha value is -1.62. The molecule has 0 aliphatic heterocycles. The normalized spacial score (nSPS) is 10.5. The third-order valence-electron chi connectivity index (χ3n) is 1.67. The highest BCUT2D eigenvalue weighted by Gasteiger charge is 2.09. The minimum atomic E-state index is -0.990. The second kappa shape index (κ2) is 2.70. The van der Waals surface area contributed by atoms with Crippen molar-refractivity contribution in [3.05, 3.63) is 22.7 Å². The van der Waals surface area contributed by atoms with E-state index in [4.69, 9.17) is 5.11 Å². The molecule has 2 N–H and O–H groups in total. The van der Waals surface area contributed by atoms with Crippen molar-refractivity contribution >= 4 is 33.8 Å². The van der Waals surface area contributed by atoms with Gasteiger partial charge in [0, 0.05) is 0 Å². The van der Waals surface area contributed by atoms with Gasteiger partial charge in [-0.25, -0.2) is 4.79 Å². The topological polar surface area (TPSA) is 70.2 Å². The van der Waals surface area contributed by atoms with Gasteiger partial charge in [-0.1, -0.05) is 0 Å².